The average Bonchev–Trinajstić information content (AvgIpc) is 2.58. The van der Waals surface area contributed by atoms with Crippen molar-refractivity contribution in [3.05, 3.63) is 31.2 Å². The van der Waals surface area contributed by atoms with Gasteiger partial charge < -0.3 is 0 Å². The lowest BCUT2D eigenvalue weighted by Gasteiger charge is -2.11. The summed E-state index contributed by atoms with van der Waals surface area (Å²) in [6.07, 6.45) is 29.1. The minimum atomic E-state index is 1.07. The van der Waals surface area contributed by atoms with Crippen LogP contribution >= 0.6 is 0 Å². The Labute approximate surface area is 154 Å². The highest BCUT2D eigenvalue weighted by Crippen LogP contribution is 2.21. The largest absolute Gasteiger partial charge is 0.103 e. The molecule has 0 amide bonds. The van der Waals surface area contributed by atoms with E-state index in [1.165, 1.54) is 103 Å². The van der Waals surface area contributed by atoms with Crippen LogP contribution in [-0.4, -0.2) is 0 Å². The zero-order chi connectivity index (χ0) is 17.7. The van der Waals surface area contributed by atoms with Crippen LogP contribution in [0, 0.1) is 5.92 Å². The van der Waals surface area contributed by atoms with E-state index >= 15 is 0 Å². The van der Waals surface area contributed by atoms with E-state index in [9.17, 15) is 0 Å². The fourth-order valence-electron chi connectivity index (χ4n) is 3.44. The maximum absolute atomic E-state index is 3.85. The van der Waals surface area contributed by atoms with E-state index in [4.69, 9.17) is 0 Å². The van der Waals surface area contributed by atoms with Crippen LogP contribution < -0.4 is 0 Å². The van der Waals surface area contributed by atoms with Gasteiger partial charge in [0.2, 0.25) is 0 Å². The van der Waals surface area contributed by atoms with Gasteiger partial charge in [-0.05, 0) is 25.2 Å². The third kappa shape index (κ3) is 17.8. The topological polar surface area (TPSA) is 0 Å². The van der Waals surface area contributed by atoms with Crippen LogP contribution in [0.1, 0.15) is 122 Å². The highest BCUT2D eigenvalue weighted by Gasteiger charge is 2.04. The molecule has 0 unspecified atom stereocenters. The molecule has 0 aromatic carbocycles. The van der Waals surface area contributed by atoms with E-state index in [1.807, 2.05) is 12.2 Å². The molecule has 0 nitrogen and oxygen atoms in total. The maximum atomic E-state index is 3.85. The summed E-state index contributed by atoms with van der Waals surface area (Å²) < 4.78 is 0. The molecule has 0 heterocycles. The molecule has 0 heteroatoms. The molecular weight excluding hydrogens is 288 g/mol. The highest BCUT2D eigenvalue weighted by molar-refractivity contribution is 5.00. The van der Waals surface area contributed by atoms with Crippen molar-refractivity contribution in [3.63, 3.8) is 0 Å². The van der Waals surface area contributed by atoms with Crippen LogP contribution in [0.2, 0.25) is 0 Å². The molecule has 0 N–H and O–H groups in total. The third-order valence-electron chi connectivity index (χ3n) is 5.00. The van der Waals surface area contributed by atoms with Gasteiger partial charge in [0, 0.05) is 0 Å². The number of allylic oxidation sites excluding steroid dienone is 2. The molecule has 1 radical (unpaired) electrons. The Balaban J connectivity index is 3.16. The van der Waals surface area contributed by atoms with Gasteiger partial charge in [-0.2, -0.15) is 0 Å². The highest BCUT2D eigenvalue weighted by atomic mass is 14.1. The van der Waals surface area contributed by atoms with Crippen LogP contribution in [0.4, 0.5) is 0 Å². The molecule has 0 spiro atoms. The summed E-state index contributed by atoms with van der Waals surface area (Å²) in [6, 6.07) is 0. The van der Waals surface area contributed by atoms with Crippen molar-refractivity contribution in [1.29, 1.82) is 0 Å². The Kier molecular flexibility index (Phi) is 20.1. The van der Waals surface area contributed by atoms with Gasteiger partial charge in [0.05, 0.1) is 0 Å². The minimum Gasteiger partial charge on any atom is -0.103 e. The van der Waals surface area contributed by atoms with Crippen molar-refractivity contribution < 1.29 is 0 Å². The first-order valence-electron chi connectivity index (χ1n) is 10.9. The second-order valence-corrected chi connectivity index (χ2v) is 7.44. The van der Waals surface area contributed by atoms with E-state index in [0.717, 1.165) is 12.8 Å². The molecule has 0 saturated carbocycles. The lowest BCUT2D eigenvalue weighted by Crippen LogP contribution is -1.95. The van der Waals surface area contributed by atoms with Gasteiger partial charge >= 0.3 is 0 Å². The molecule has 0 fully saturated rings. The van der Waals surface area contributed by atoms with E-state index in [2.05, 4.69) is 20.1 Å². The van der Waals surface area contributed by atoms with Crippen molar-refractivity contribution in [2.24, 2.45) is 0 Å². The molecule has 0 aromatic heterocycles. The van der Waals surface area contributed by atoms with Gasteiger partial charge in [0.1, 0.15) is 0 Å². The fraction of sp³-hybridized carbons (Fsp3) is 0.792. The number of unbranched alkanes of at least 4 members (excludes halogenated alkanes) is 14. The lowest BCUT2D eigenvalue weighted by atomic mass is 9.94. The van der Waals surface area contributed by atoms with E-state index in [1.54, 1.807) is 5.92 Å². The first kappa shape index (κ1) is 23.5. The van der Waals surface area contributed by atoms with Gasteiger partial charge in [0.15, 0.2) is 0 Å². The van der Waals surface area contributed by atoms with Crippen molar-refractivity contribution in [3.8, 4) is 0 Å². The standard InChI is InChI=1S/C24H45/c1-4-7-8-9-10-11-12-13-14-15-16-17-18-19-20-23-24(21-5-2)22-6-3/h5-6H,2-4,7-23H2,1H3. The van der Waals surface area contributed by atoms with Crippen molar-refractivity contribution in [1.82, 2.24) is 0 Å². The van der Waals surface area contributed by atoms with Crippen LogP contribution in [0.15, 0.2) is 25.3 Å². The quantitative estimate of drug-likeness (QED) is 0.154. The molecule has 0 aromatic rings. The summed E-state index contributed by atoms with van der Waals surface area (Å²) in [4.78, 5) is 0. The monoisotopic (exact) mass is 333 g/mol. The number of rotatable bonds is 20. The molecule has 0 aliphatic heterocycles. The second kappa shape index (κ2) is 20.5. The molecule has 0 aliphatic carbocycles. The molecule has 0 rings (SSSR count). The summed E-state index contributed by atoms with van der Waals surface area (Å²) >= 11 is 0. The molecule has 24 heavy (non-hydrogen) atoms. The van der Waals surface area contributed by atoms with Gasteiger partial charge in [-0.25, -0.2) is 0 Å². The first-order valence-corrected chi connectivity index (χ1v) is 10.9. The van der Waals surface area contributed by atoms with Crippen LogP contribution in [0.3, 0.4) is 0 Å². The van der Waals surface area contributed by atoms with E-state index in [-0.39, 0.29) is 0 Å². The summed E-state index contributed by atoms with van der Waals surface area (Å²) in [6.45, 7) is 9.99. The van der Waals surface area contributed by atoms with Gasteiger partial charge in [-0.3, -0.25) is 0 Å². The maximum Gasteiger partial charge on any atom is -0.0166 e. The average molecular weight is 334 g/mol. The van der Waals surface area contributed by atoms with Crippen LogP contribution in [-0.2, 0) is 0 Å². The Morgan fingerprint density at radius 2 is 0.875 bits per heavy atom. The summed E-state index contributed by atoms with van der Waals surface area (Å²) in [5, 5.41) is 0. The smallest absolute Gasteiger partial charge is 0.0166 e. The third-order valence-corrected chi connectivity index (χ3v) is 5.00. The van der Waals surface area contributed by atoms with Crippen molar-refractivity contribution >= 4 is 0 Å². The second-order valence-electron chi connectivity index (χ2n) is 7.44. The van der Waals surface area contributed by atoms with Crippen LogP contribution in [0.25, 0.3) is 0 Å². The number of hydrogen-bond acceptors (Lipinski definition) is 0. The van der Waals surface area contributed by atoms with E-state index < -0.39 is 0 Å². The summed E-state index contributed by atoms with van der Waals surface area (Å²) in [5.74, 6) is 1.61. The Morgan fingerprint density at radius 3 is 1.21 bits per heavy atom. The predicted octanol–water partition coefficient (Wildman–Crippen LogP) is 8.97. The van der Waals surface area contributed by atoms with Crippen LogP contribution in [0.5, 0.6) is 0 Å². The Bertz CT molecular complexity index is 243. The zero-order valence-electron chi connectivity index (χ0n) is 16.8. The Hall–Kier alpha value is -0.520. The molecule has 0 atom stereocenters. The molecule has 0 saturated heterocycles. The van der Waals surface area contributed by atoms with Gasteiger partial charge in [0.25, 0.3) is 0 Å². The summed E-state index contributed by atoms with van der Waals surface area (Å²) in [5.41, 5.74) is 0. The fourth-order valence-corrected chi connectivity index (χ4v) is 3.44. The SMILES string of the molecule is C=CC[C](CC=C)CCCCCCCCCCCCCCCCC. The minimum absolute atomic E-state index is 1.07. The molecular formula is C24H45. The normalized spacial score (nSPS) is 11.1. The predicted molar refractivity (Wildman–Crippen MR) is 112 cm³/mol. The molecule has 141 valence electrons. The molecule has 0 aliphatic rings. The van der Waals surface area contributed by atoms with Crippen molar-refractivity contribution in [2.75, 3.05) is 0 Å². The first-order chi connectivity index (χ1) is 11.8. The Morgan fingerprint density at radius 1 is 0.542 bits per heavy atom. The zero-order valence-corrected chi connectivity index (χ0v) is 16.8. The van der Waals surface area contributed by atoms with Gasteiger partial charge in [-0.15, -0.1) is 13.2 Å². The lowest BCUT2D eigenvalue weighted by molar-refractivity contribution is 0.529. The number of hydrogen-bond donors (Lipinski definition) is 0. The van der Waals surface area contributed by atoms with E-state index in [0.29, 0.717) is 0 Å². The summed E-state index contributed by atoms with van der Waals surface area (Å²) in [7, 11) is 0. The molecule has 0 bridgehead atoms. The van der Waals surface area contributed by atoms with Crippen molar-refractivity contribution in [2.45, 2.75) is 122 Å². The van der Waals surface area contributed by atoms with Gasteiger partial charge in [-0.1, -0.05) is 115 Å².